The van der Waals surface area contributed by atoms with Gasteiger partial charge in [0.2, 0.25) is 5.78 Å². The Morgan fingerprint density at radius 3 is 2.50 bits per heavy atom. The number of benzene rings is 1. The molecule has 42 heavy (non-hydrogen) atoms. The van der Waals surface area contributed by atoms with Crippen molar-refractivity contribution in [1.29, 1.82) is 0 Å². The van der Waals surface area contributed by atoms with Crippen molar-refractivity contribution in [2.45, 2.75) is 38.3 Å². The number of hydrogen-bond donors (Lipinski definition) is 4. The van der Waals surface area contributed by atoms with Crippen LogP contribution in [0.1, 0.15) is 36.7 Å². The first-order valence-corrected chi connectivity index (χ1v) is 13.8. The van der Waals surface area contributed by atoms with Crippen LogP contribution in [0.25, 0.3) is 17.1 Å². The number of Topliss-reactive ketones (excluding diaryl/α,β-unsaturated/α-hetero) is 3. The van der Waals surface area contributed by atoms with Gasteiger partial charge in [0.05, 0.1) is 24.3 Å². The minimum absolute atomic E-state index is 0.0372. The highest BCUT2D eigenvalue weighted by Crippen LogP contribution is 2.54. The van der Waals surface area contributed by atoms with Crippen LogP contribution in [-0.4, -0.2) is 89.7 Å². The number of aromatic hydroxyl groups is 1. The minimum atomic E-state index is -2.53. The van der Waals surface area contributed by atoms with E-state index in [1.54, 1.807) is 25.3 Å². The lowest BCUT2D eigenvalue weighted by atomic mass is 9.59. The zero-order valence-corrected chi connectivity index (χ0v) is 24.4. The maximum atomic E-state index is 13.9. The van der Waals surface area contributed by atoms with Crippen molar-refractivity contribution in [2.24, 2.45) is 11.8 Å². The highest BCUT2D eigenvalue weighted by molar-refractivity contribution is 6.23. The second-order valence-electron chi connectivity index (χ2n) is 11.6. The number of fused-ring (bicyclic) bond motifs is 3. The number of aliphatic hydroxyl groups excluding tert-OH is 2. The van der Waals surface area contributed by atoms with Gasteiger partial charge in [-0.2, -0.15) is 0 Å². The third-order valence-electron chi connectivity index (χ3n) is 8.66. The molecule has 0 aliphatic heterocycles. The van der Waals surface area contributed by atoms with Crippen molar-refractivity contribution in [3.05, 3.63) is 52.0 Å². The molecule has 0 radical (unpaired) electrons. The lowest BCUT2D eigenvalue weighted by Gasteiger charge is -2.46. The summed E-state index contributed by atoms with van der Waals surface area (Å²) in [5, 5.41) is 45.5. The standard InChI is InChI=1S/C31H36N2O9/c1-15(34)24-22(35)12-17-10-16-11-19-21(32(2)3)13-20(23-7-6-18(42-23)14-33(4)8-9-41-5)27(36)26(19)28(37)25(16)30(39)31(17,40)29(24)38/h6-7,13,16-17,36-38,40H,8-12,14H2,1-5H3/t16-,17+,31-/m0/s1. The first-order valence-electron chi connectivity index (χ1n) is 13.8. The number of rotatable bonds is 8. The van der Waals surface area contributed by atoms with E-state index in [0.29, 0.717) is 48.0 Å². The van der Waals surface area contributed by atoms with Crippen molar-refractivity contribution < 1.29 is 44.0 Å². The van der Waals surface area contributed by atoms with Crippen molar-refractivity contribution in [3.63, 3.8) is 0 Å². The maximum Gasteiger partial charge on any atom is 0.202 e. The Kier molecular flexibility index (Phi) is 7.55. The first kappa shape index (κ1) is 29.6. The van der Waals surface area contributed by atoms with Crippen LogP contribution in [0.15, 0.2) is 39.5 Å². The van der Waals surface area contributed by atoms with Gasteiger partial charge < -0.3 is 34.5 Å². The van der Waals surface area contributed by atoms with Crippen molar-refractivity contribution in [1.82, 2.24) is 4.90 Å². The Labute approximate surface area is 243 Å². The van der Waals surface area contributed by atoms with E-state index in [1.807, 2.05) is 30.9 Å². The molecule has 4 N–H and O–H groups in total. The number of carbonyl (C=O) groups is 3. The van der Waals surface area contributed by atoms with Gasteiger partial charge in [0.25, 0.3) is 0 Å². The van der Waals surface area contributed by atoms with Crippen LogP contribution in [0.4, 0.5) is 5.69 Å². The molecule has 224 valence electrons. The zero-order valence-electron chi connectivity index (χ0n) is 24.4. The third kappa shape index (κ3) is 4.52. The Balaban J connectivity index is 1.62. The highest BCUT2D eigenvalue weighted by atomic mass is 16.5. The SMILES string of the molecule is COCCN(C)Cc1ccc(-c2cc(N(C)C)c3c(c2O)C(O)=C2C(=O)[C@@]4(O)C(O)=C(C(C)=O)C(=O)C[C@H]4C[C@H]2C3)o1. The molecule has 1 saturated carbocycles. The number of methoxy groups -OCH3 is 1. The zero-order chi connectivity index (χ0) is 30.7. The summed E-state index contributed by atoms with van der Waals surface area (Å²) in [7, 11) is 7.20. The molecule has 0 amide bonds. The fraction of sp³-hybridized carbons (Fsp3) is 0.452. The summed E-state index contributed by atoms with van der Waals surface area (Å²) in [5.41, 5.74) is -1.65. The molecule has 0 spiro atoms. The molecule has 11 heteroatoms. The van der Waals surface area contributed by atoms with E-state index in [4.69, 9.17) is 9.15 Å². The van der Waals surface area contributed by atoms with Gasteiger partial charge in [0.1, 0.15) is 34.4 Å². The van der Waals surface area contributed by atoms with E-state index in [1.165, 1.54) is 0 Å². The first-order chi connectivity index (χ1) is 19.8. The predicted molar refractivity (Wildman–Crippen MR) is 153 cm³/mol. The number of anilines is 1. The van der Waals surface area contributed by atoms with E-state index in [0.717, 1.165) is 6.92 Å². The van der Waals surface area contributed by atoms with Crippen LogP contribution in [0.2, 0.25) is 0 Å². The molecule has 2 aromatic rings. The molecule has 0 bridgehead atoms. The second-order valence-corrected chi connectivity index (χ2v) is 11.6. The molecule has 1 heterocycles. The van der Waals surface area contributed by atoms with Crippen LogP contribution >= 0.6 is 0 Å². The topological polar surface area (TPSA) is 161 Å². The lowest BCUT2D eigenvalue weighted by Crippen LogP contribution is -2.57. The summed E-state index contributed by atoms with van der Waals surface area (Å²) >= 11 is 0. The van der Waals surface area contributed by atoms with Crippen molar-refractivity contribution in [3.8, 4) is 17.1 Å². The molecular weight excluding hydrogens is 544 g/mol. The van der Waals surface area contributed by atoms with Gasteiger partial charge in [-0.25, -0.2) is 0 Å². The maximum absolute atomic E-state index is 13.9. The van der Waals surface area contributed by atoms with Crippen LogP contribution in [-0.2, 0) is 32.1 Å². The number of carbonyl (C=O) groups excluding carboxylic acids is 3. The van der Waals surface area contributed by atoms with Gasteiger partial charge in [0.15, 0.2) is 17.2 Å². The molecule has 1 aromatic carbocycles. The summed E-state index contributed by atoms with van der Waals surface area (Å²) in [4.78, 5) is 42.5. The number of phenolic OH excluding ortho intramolecular Hbond substituents is 1. The Hall–Kier alpha value is -3.93. The minimum Gasteiger partial charge on any atom is -0.508 e. The summed E-state index contributed by atoms with van der Waals surface area (Å²) < 4.78 is 11.2. The summed E-state index contributed by atoms with van der Waals surface area (Å²) in [6.07, 6.45) is 0.0563. The average Bonchev–Trinajstić information content (AvgIpc) is 3.37. The summed E-state index contributed by atoms with van der Waals surface area (Å²) in [5.74, 6) is -4.69. The quantitative estimate of drug-likeness (QED) is 0.340. The lowest BCUT2D eigenvalue weighted by molar-refractivity contribution is -0.147. The van der Waals surface area contributed by atoms with Gasteiger partial charge in [-0.1, -0.05) is 0 Å². The van der Waals surface area contributed by atoms with Crippen LogP contribution < -0.4 is 4.90 Å². The van der Waals surface area contributed by atoms with Gasteiger partial charge in [-0.15, -0.1) is 0 Å². The smallest absolute Gasteiger partial charge is 0.202 e. The van der Waals surface area contributed by atoms with Gasteiger partial charge in [0, 0.05) is 51.3 Å². The van der Waals surface area contributed by atoms with Crippen LogP contribution in [0, 0.1) is 11.8 Å². The molecule has 3 aliphatic carbocycles. The molecule has 3 aliphatic rings. The number of aliphatic hydroxyl groups is 3. The number of hydrogen-bond acceptors (Lipinski definition) is 11. The normalized spacial score (nSPS) is 23.7. The molecular formula is C31H36N2O9. The van der Waals surface area contributed by atoms with Gasteiger partial charge >= 0.3 is 0 Å². The number of nitrogens with zero attached hydrogens (tertiary/aromatic N) is 2. The van der Waals surface area contributed by atoms with E-state index in [2.05, 4.69) is 0 Å². The fourth-order valence-electron chi connectivity index (χ4n) is 6.57. The number of phenols is 1. The van der Waals surface area contributed by atoms with Gasteiger partial charge in [-0.05, 0) is 56.5 Å². The highest BCUT2D eigenvalue weighted by Gasteiger charge is 2.60. The predicted octanol–water partition coefficient (Wildman–Crippen LogP) is 2.93. The molecule has 5 rings (SSSR count). The monoisotopic (exact) mass is 580 g/mol. The fourth-order valence-corrected chi connectivity index (χ4v) is 6.57. The van der Waals surface area contributed by atoms with Crippen LogP contribution in [0.5, 0.6) is 5.75 Å². The number of allylic oxidation sites excluding steroid dienone is 1. The van der Waals surface area contributed by atoms with Gasteiger partial charge in [-0.3, -0.25) is 19.3 Å². The molecule has 1 fully saturated rings. The van der Waals surface area contributed by atoms with E-state index < -0.39 is 51.9 Å². The number of furan rings is 1. The molecule has 3 atom stereocenters. The summed E-state index contributed by atoms with van der Waals surface area (Å²) in [6.45, 7) is 2.84. The Morgan fingerprint density at radius 1 is 1.14 bits per heavy atom. The molecule has 11 nitrogen and oxygen atoms in total. The Morgan fingerprint density at radius 2 is 1.86 bits per heavy atom. The number of ketones is 3. The number of ether oxygens (including phenoxy) is 1. The molecule has 0 saturated heterocycles. The third-order valence-corrected chi connectivity index (χ3v) is 8.66. The van der Waals surface area contributed by atoms with Crippen molar-refractivity contribution in [2.75, 3.05) is 46.3 Å². The average molecular weight is 581 g/mol. The molecule has 1 aromatic heterocycles. The van der Waals surface area contributed by atoms with Crippen LogP contribution in [0.3, 0.4) is 0 Å². The largest absolute Gasteiger partial charge is 0.508 e. The van der Waals surface area contributed by atoms with Crippen molar-refractivity contribution >= 4 is 28.8 Å². The van der Waals surface area contributed by atoms with E-state index in [9.17, 15) is 34.8 Å². The number of likely N-dealkylation sites (N-methyl/N-ethyl adjacent to an activating group) is 1. The Bertz CT molecular complexity index is 1550. The second kappa shape index (κ2) is 10.7. The van der Waals surface area contributed by atoms with E-state index in [-0.39, 0.29) is 36.1 Å². The van der Waals surface area contributed by atoms with E-state index >= 15 is 0 Å². The molecule has 0 unspecified atom stereocenters. The summed E-state index contributed by atoms with van der Waals surface area (Å²) in [6, 6.07) is 5.29.